The molecule has 0 bridgehead atoms. The fraction of sp³-hybridized carbons (Fsp3) is 0. The lowest BCUT2D eigenvalue weighted by molar-refractivity contribution is 0.962. The number of hydrogen-bond donors (Lipinski definition) is 1. The Labute approximate surface area is 193 Å². The van der Waals surface area contributed by atoms with Gasteiger partial charge in [-0.15, -0.1) is 11.3 Å². The number of fused-ring (bicyclic) bond motifs is 4. The summed E-state index contributed by atoms with van der Waals surface area (Å²) >= 11 is 14.3. The van der Waals surface area contributed by atoms with E-state index in [9.17, 15) is 4.79 Å². The molecule has 156 valence electrons. The van der Waals surface area contributed by atoms with Crippen molar-refractivity contribution in [3.05, 3.63) is 80.9 Å². The molecule has 0 fully saturated rings. The SMILES string of the molecule is O=c1c2cnc(Nc3ccc4ncsc4c3)nc2n2ccnc2n1-c1c(Cl)cccc1Cl. The molecule has 0 spiro atoms. The molecule has 0 radical (unpaired) electrons. The number of imidazole rings is 1. The Morgan fingerprint density at radius 3 is 2.72 bits per heavy atom. The summed E-state index contributed by atoms with van der Waals surface area (Å²) in [4.78, 5) is 31.0. The Kier molecular flexibility index (Phi) is 4.35. The third kappa shape index (κ3) is 2.94. The van der Waals surface area contributed by atoms with Crippen LogP contribution in [-0.4, -0.2) is 28.9 Å². The van der Waals surface area contributed by atoms with Gasteiger partial charge in [-0.3, -0.25) is 9.20 Å². The highest BCUT2D eigenvalue weighted by atomic mass is 35.5. The molecule has 0 saturated heterocycles. The van der Waals surface area contributed by atoms with Crippen molar-refractivity contribution in [2.45, 2.75) is 0 Å². The predicted molar refractivity (Wildman–Crippen MR) is 127 cm³/mol. The first-order valence-corrected chi connectivity index (χ1v) is 11.0. The Hall–Kier alpha value is -3.53. The fourth-order valence-corrected chi connectivity index (χ4v) is 4.85. The highest BCUT2D eigenvalue weighted by Gasteiger charge is 2.19. The minimum Gasteiger partial charge on any atom is -0.324 e. The summed E-state index contributed by atoms with van der Waals surface area (Å²) in [6.07, 6.45) is 4.79. The Bertz CT molecular complexity index is 1700. The average molecular weight is 480 g/mol. The van der Waals surface area contributed by atoms with Crippen molar-refractivity contribution >= 4 is 73.2 Å². The molecule has 0 amide bonds. The van der Waals surface area contributed by atoms with Crippen LogP contribution in [0.3, 0.4) is 0 Å². The zero-order chi connectivity index (χ0) is 21.8. The summed E-state index contributed by atoms with van der Waals surface area (Å²) in [6.45, 7) is 0. The number of thiazole rings is 1. The van der Waals surface area contributed by atoms with Crippen molar-refractivity contribution in [1.82, 2.24) is 28.9 Å². The summed E-state index contributed by atoms with van der Waals surface area (Å²) in [7, 11) is 0. The van der Waals surface area contributed by atoms with Gasteiger partial charge in [0.25, 0.3) is 5.56 Å². The molecule has 0 aliphatic carbocycles. The number of halogens is 2. The first-order valence-electron chi connectivity index (χ1n) is 9.39. The van der Waals surface area contributed by atoms with Gasteiger partial charge in [0, 0.05) is 24.3 Å². The first-order chi connectivity index (χ1) is 15.6. The van der Waals surface area contributed by atoms with Crippen LogP contribution in [0.5, 0.6) is 0 Å². The number of hydrogen-bond acceptors (Lipinski definition) is 7. The maximum absolute atomic E-state index is 13.4. The van der Waals surface area contributed by atoms with Crippen molar-refractivity contribution in [1.29, 1.82) is 0 Å². The topological polar surface area (TPSA) is 90.0 Å². The number of benzene rings is 2. The molecule has 2 aromatic carbocycles. The van der Waals surface area contributed by atoms with Crippen molar-refractivity contribution in [3.63, 3.8) is 0 Å². The quantitative estimate of drug-likeness (QED) is 0.380. The molecule has 0 atom stereocenters. The molecule has 8 nitrogen and oxygen atoms in total. The minimum absolute atomic E-state index is 0.301. The van der Waals surface area contributed by atoms with E-state index in [0.29, 0.717) is 38.5 Å². The number of nitrogens with one attached hydrogen (secondary N) is 1. The Morgan fingerprint density at radius 1 is 1.03 bits per heavy atom. The second kappa shape index (κ2) is 7.27. The van der Waals surface area contributed by atoms with E-state index >= 15 is 0 Å². The number of rotatable bonds is 3. The number of anilines is 2. The third-order valence-corrected chi connectivity index (χ3v) is 6.40. The average Bonchev–Trinajstić information content (AvgIpc) is 3.45. The van der Waals surface area contributed by atoms with Gasteiger partial charge in [0.1, 0.15) is 5.39 Å². The zero-order valence-corrected chi connectivity index (χ0v) is 18.4. The second-order valence-corrected chi connectivity index (χ2v) is 8.60. The molecule has 32 heavy (non-hydrogen) atoms. The van der Waals surface area contributed by atoms with E-state index < -0.39 is 0 Å². The van der Waals surface area contributed by atoms with Crippen LogP contribution in [0.15, 0.2) is 65.3 Å². The van der Waals surface area contributed by atoms with Gasteiger partial charge in [0.2, 0.25) is 11.7 Å². The summed E-state index contributed by atoms with van der Waals surface area (Å²) in [5.41, 5.74) is 3.95. The van der Waals surface area contributed by atoms with Gasteiger partial charge in [0.15, 0.2) is 5.65 Å². The smallest absolute Gasteiger partial charge is 0.270 e. The van der Waals surface area contributed by atoms with E-state index in [4.69, 9.17) is 23.2 Å². The lowest BCUT2D eigenvalue weighted by Gasteiger charge is -2.13. The molecule has 1 N–H and O–H groups in total. The summed E-state index contributed by atoms with van der Waals surface area (Å²) < 4.78 is 4.13. The van der Waals surface area contributed by atoms with Crippen LogP contribution >= 0.6 is 34.5 Å². The van der Waals surface area contributed by atoms with Crippen LogP contribution in [0.4, 0.5) is 11.6 Å². The summed E-state index contributed by atoms with van der Waals surface area (Å²) in [5.74, 6) is 0.692. The monoisotopic (exact) mass is 479 g/mol. The lowest BCUT2D eigenvalue weighted by Crippen LogP contribution is -2.23. The molecule has 6 rings (SSSR count). The molecule has 6 aromatic rings. The van der Waals surface area contributed by atoms with E-state index in [0.717, 1.165) is 15.9 Å². The minimum atomic E-state index is -0.369. The highest BCUT2D eigenvalue weighted by molar-refractivity contribution is 7.16. The lowest BCUT2D eigenvalue weighted by atomic mass is 10.3. The van der Waals surface area contributed by atoms with Gasteiger partial charge in [0.05, 0.1) is 31.5 Å². The third-order valence-electron chi connectivity index (χ3n) is 5.00. The number of aromatic nitrogens is 6. The van der Waals surface area contributed by atoms with Gasteiger partial charge in [-0.25, -0.2) is 19.5 Å². The zero-order valence-electron chi connectivity index (χ0n) is 16.0. The first kappa shape index (κ1) is 19.2. The van der Waals surface area contributed by atoms with E-state index in [1.54, 1.807) is 51.8 Å². The maximum atomic E-state index is 13.4. The van der Waals surface area contributed by atoms with Gasteiger partial charge < -0.3 is 5.32 Å². The number of para-hydroxylation sites is 1. The van der Waals surface area contributed by atoms with Crippen LogP contribution in [0.25, 0.3) is 32.7 Å². The molecule has 4 heterocycles. The maximum Gasteiger partial charge on any atom is 0.270 e. The van der Waals surface area contributed by atoms with E-state index in [1.165, 1.54) is 10.8 Å². The van der Waals surface area contributed by atoms with Crippen LogP contribution in [-0.2, 0) is 0 Å². The van der Waals surface area contributed by atoms with Crippen LogP contribution in [0.1, 0.15) is 0 Å². The molecule has 0 unspecified atom stereocenters. The van der Waals surface area contributed by atoms with Crippen LogP contribution < -0.4 is 10.9 Å². The Balaban J connectivity index is 1.55. The largest absolute Gasteiger partial charge is 0.324 e. The van der Waals surface area contributed by atoms with Crippen molar-refractivity contribution in [2.75, 3.05) is 5.32 Å². The number of nitrogens with zero attached hydrogens (tertiary/aromatic N) is 6. The normalized spacial score (nSPS) is 11.6. The van der Waals surface area contributed by atoms with Crippen molar-refractivity contribution in [3.8, 4) is 5.69 Å². The van der Waals surface area contributed by atoms with Crippen molar-refractivity contribution < 1.29 is 0 Å². The standard InChI is InChI=1S/C21H11Cl2N7OS/c22-13-2-1-3-14(23)17(13)30-19(31)12-9-25-20(28-18(12)29-7-6-24-21(29)30)27-11-4-5-15-16(8-11)32-10-26-15/h1-10H,(H,25,27,28). The van der Waals surface area contributed by atoms with Gasteiger partial charge >= 0.3 is 0 Å². The molecular weight excluding hydrogens is 469 g/mol. The van der Waals surface area contributed by atoms with E-state index in [1.807, 2.05) is 18.2 Å². The van der Waals surface area contributed by atoms with E-state index in [-0.39, 0.29) is 5.56 Å². The van der Waals surface area contributed by atoms with Crippen LogP contribution in [0.2, 0.25) is 10.0 Å². The summed E-state index contributed by atoms with van der Waals surface area (Å²) in [6, 6.07) is 10.9. The summed E-state index contributed by atoms with van der Waals surface area (Å²) in [5, 5.41) is 4.16. The van der Waals surface area contributed by atoms with Gasteiger partial charge in [-0.1, -0.05) is 29.3 Å². The van der Waals surface area contributed by atoms with Gasteiger partial charge in [-0.2, -0.15) is 4.98 Å². The molecule has 4 aromatic heterocycles. The highest BCUT2D eigenvalue weighted by Crippen LogP contribution is 2.29. The fourth-order valence-electron chi connectivity index (χ4n) is 3.57. The van der Waals surface area contributed by atoms with Crippen molar-refractivity contribution in [2.24, 2.45) is 0 Å². The Morgan fingerprint density at radius 2 is 1.88 bits per heavy atom. The molecule has 0 aliphatic heterocycles. The van der Waals surface area contributed by atoms with E-state index in [2.05, 4.69) is 25.3 Å². The molecular formula is C21H11Cl2N7OS. The van der Waals surface area contributed by atoms with Gasteiger partial charge in [-0.05, 0) is 30.3 Å². The molecule has 0 aliphatic rings. The molecule has 0 saturated carbocycles. The van der Waals surface area contributed by atoms with Crippen LogP contribution in [0, 0.1) is 0 Å². The molecule has 11 heteroatoms. The predicted octanol–water partition coefficient (Wildman–Crippen LogP) is 5.09. The second-order valence-electron chi connectivity index (χ2n) is 6.90.